The van der Waals surface area contributed by atoms with Crippen LogP contribution in [-0.2, 0) is 9.53 Å². The van der Waals surface area contributed by atoms with Crippen molar-refractivity contribution in [2.75, 3.05) is 26.3 Å². The molecule has 86 valence electrons. The van der Waals surface area contributed by atoms with Gasteiger partial charge in [0.1, 0.15) is 0 Å². The van der Waals surface area contributed by atoms with Gasteiger partial charge in [-0.2, -0.15) is 0 Å². The second-order valence-corrected chi connectivity index (χ2v) is 3.86. The predicted octanol–water partition coefficient (Wildman–Crippen LogP) is 0.529. The first kappa shape index (κ1) is 12.2. The van der Waals surface area contributed by atoms with Gasteiger partial charge in [0.2, 0.25) is 5.91 Å². The van der Waals surface area contributed by atoms with E-state index in [1.165, 1.54) is 0 Å². The summed E-state index contributed by atoms with van der Waals surface area (Å²) in [5.74, 6) is 0.199. The Morgan fingerprint density at radius 3 is 3.07 bits per heavy atom. The third-order valence-corrected chi connectivity index (χ3v) is 2.49. The van der Waals surface area contributed by atoms with Crippen LogP contribution in [0.3, 0.4) is 0 Å². The van der Waals surface area contributed by atoms with Crippen molar-refractivity contribution in [2.24, 2.45) is 5.73 Å². The maximum atomic E-state index is 11.6. The van der Waals surface area contributed by atoms with Crippen LogP contribution in [0.4, 0.5) is 0 Å². The Bertz CT molecular complexity index is 219. The zero-order valence-corrected chi connectivity index (χ0v) is 9.15. The summed E-state index contributed by atoms with van der Waals surface area (Å²) >= 11 is 0. The molecule has 0 unspecified atom stereocenters. The minimum Gasteiger partial charge on any atom is -0.377 e. The van der Waals surface area contributed by atoms with E-state index in [0.717, 1.165) is 19.4 Å². The fraction of sp³-hybridized carbons (Fsp3) is 0.727. The molecule has 0 aromatic rings. The molecule has 0 spiro atoms. The van der Waals surface area contributed by atoms with Crippen LogP contribution in [0.2, 0.25) is 0 Å². The summed E-state index contributed by atoms with van der Waals surface area (Å²) in [5, 5.41) is 0. The summed E-state index contributed by atoms with van der Waals surface area (Å²) in [6.07, 6.45) is 3.97. The maximum absolute atomic E-state index is 11.6. The number of carbonyl (C=O) groups excluding carboxylic acids is 1. The van der Waals surface area contributed by atoms with Gasteiger partial charge >= 0.3 is 0 Å². The van der Waals surface area contributed by atoms with Gasteiger partial charge in [-0.25, -0.2) is 0 Å². The molecular formula is C11H20N2O2. The molecule has 1 aliphatic rings. The molecule has 1 fully saturated rings. The summed E-state index contributed by atoms with van der Waals surface area (Å²) in [4.78, 5) is 13.5. The normalized spacial score (nSPS) is 20.6. The van der Waals surface area contributed by atoms with Crippen molar-refractivity contribution in [1.29, 1.82) is 0 Å². The molecule has 2 N–H and O–H groups in total. The number of likely N-dealkylation sites (tertiary alicyclic amines) is 1. The fourth-order valence-electron chi connectivity index (χ4n) is 1.66. The van der Waals surface area contributed by atoms with E-state index in [9.17, 15) is 4.79 Å². The molecule has 0 bridgehead atoms. The number of hydrogen-bond donors (Lipinski definition) is 1. The maximum Gasteiger partial charge on any atom is 0.222 e. The first-order valence-corrected chi connectivity index (χ1v) is 5.46. The Hall–Kier alpha value is -0.870. The molecule has 4 heteroatoms. The second-order valence-electron chi connectivity index (χ2n) is 3.86. The molecule has 4 nitrogen and oxygen atoms in total. The van der Waals surface area contributed by atoms with Gasteiger partial charge < -0.3 is 15.4 Å². The molecule has 1 heterocycles. The third-order valence-electron chi connectivity index (χ3n) is 2.49. The van der Waals surface area contributed by atoms with Crippen LogP contribution >= 0.6 is 0 Å². The van der Waals surface area contributed by atoms with Crippen LogP contribution in [0.5, 0.6) is 0 Å². The van der Waals surface area contributed by atoms with Crippen molar-refractivity contribution in [3.8, 4) is 0 Å². The Morgan fingerprint density at radius 1 is 1.67 bits per heavy atom. The Balaban J connectivity index is 2.05. The van der Waals surface area contributed by atoms with Crippen molar-refractivity contribution in [1.82, 2.24) is 4.90 Å². The third kappa shape index (κ3) is 4.44. The molecule has 0 radical (unpaired) electrons. The lowest BCUT2D eigenvalue weighted by molar-refractivity contribution is -0.130. The molecule has 0 saturated carbocycles. The quantitative estimate of drug-likeness (QED) is 0.516. The van der Waals surface area contributed by atoms with Crippen molar-refractivity contribution in [3.63, 3.8) is 0 Å². The number of ether oxygens (including phenoxy) is 1. The van der Waals surface area contributed by atoms with Crippen LogP contribution in [0.1, 0.15) is 19.3 Å². The van der Waals surface area contributed by atoms with Gasteiger partial charge in [0.15, 0.2) is 0 Å². The summed E-state index contributed by atoms with van der Waals surface area (Å²) in [6, 6.07) is 0.172. The summed E-state index contributed by atoms with van der Waals surface area (Å²) in [6.45, 7) is 6.26. The molecule has 0 aromatic heterocycles. The number of hydrogen-bond acceptors (Lipinski definition) is 3. The highest BCUT2D eigenvalue weighted by molar-refractivity contribution is 5.76. The molecule has 15 heavy (non-hydrogen) atoms. The number of rotatable bonds is 6. The zero-order chi connectivity index (χ0) is 11.1. The van der Waals surface area contributed by atoms with Crippen LogP contribution in [0.15, 0.2) is 12.7 Å². The van der Waals surface area contributed by atoms with Gasteiger partial charge in [-0.3, -0.25) is 4.79 Å². The molecular weight excluding hydrogens is 192 g/mol. The van der Waals surface area contributed by atoms with E-state index < -0.39 is 0 Å². The lowest BCUT2D eigenvalue weighted by atomic mass is 10.3. The fourth-order valence-corrected chi connectivity index (χ4v) is 1.66. The minimum absolute atomic E-state index is 0.172. The number of amides is 1. The Kier molecular flexibility index (Phi) is 5.36. The molecule has 1 aliphatic heterocycles. The van der Waals surface area contributed by atoms with Crippen molar-refractivity contribution < 1.29 is 9.53 Å². The van der Waals surface area contributed by atoms with Gasteiger partial charge in [-0.1, -0.05) is 6.08 Å². The van der Waals surface area contributed by atoms with Crippen molar-refractivity contribution in [2.45, 2.75) is 25.3 Å². The molecule has 0 aromatic carbocycles. The number of nitrogens with zero attached hydrogens (tertiary/aromatic N) is 1. The monoisotopic (exact) mass is 212 g/mol. The Morgan fingerprint density at radius 2 is 2.47 bits per heavy atom. The predicted molar refractivity (Wildman–Crippen MR) is 59.4 cm³/mol. The SMILES string of the molecule is C=CCOCCCC(=O)N1CC[C@@H](N)C1. The van der Waals surface area contributed by atoms with E-state index in [4.69, 9.17) is 10.5 Å². The van der Waals surface area contributed by atoms with Gasteiger partial charge in [0, 0.05) is 32.2 Å². The first-order valence-electron chi connectivity index (χ1n) is 5.46. The summed E-state index contributed by atoms with van der Waals surface area (Å²) < 4.78 is 5.20. The van der Waals surface area contributed by atoms with E-state index >= 15 is 0 Å². The minimum atomic E-state index is 0.172. The zero-order valence-electron chi connectivity index (χ0n) is 9.15. The topological polar surface area (TPSA) is 55.6 Å². The van der Waals surface area contributed by atoms with Gasteiger partial charge in [0.25, 0.3) is 0 Å². The van der Waals surface area contributed by atoms with E-state index in [2.05, 4.69) is 6.58 Å². The highest BCUT2D eigenvalue weighted by Crippen LogP contribution is 2.09. The molecule has 1 amide bonds. The van der Waals surface area contributed by atoms with Gasteiger partial charge in [-0.15, -0.1) is 6.58 Å². The summed E-state index contributed by atoms with van der Waals surface area (Å²) in [7, 11) is 0. The van der Waals surface area contributed by atoms with Crippen LogP contribution < -0.4 is 5.73 Å². The lowest BCUT2D eigenvalue weighted by Gasteiger charge is -2.15. The van der Waals surface area contributed by atoms with E-state index in [-0.39, 0.29) is 11.9 Å². The van der Waals surface area contributed by atoms with Crippen LogP contribution in [-0.4, -0.2) is 43.2 Å². The van der Waals surface area contributed by atoms with E-state index in [0.29, 0.717) is 26.2 Å². The van der Waals surface area contributed by atoms with Crippen molar-refractivity contribution in [3.05, 3.63) is 12.7 Å². The summed E-state index contributed by atoms with van der Waals surface area (Å²) in [5.41, 5.74) is 5.73. The molecule has 0 aliphatic carbocycles. The van der Waals surface area contributed by atoms with Crippen molar-refractivity contribution >= 4 is 5.91 Å². The number of carbonyl (C=O) groups is 1. The first-order chi connectivity index (χ1) is 7.24. The highest BCUT2D eigenvalue weighted by atomic mass is 16.5. The van der Waals surface area contributed by atoms with Gasteiger partial charge in [0.05, 0.1) is 6.61 Å². The molecule has 1 rings (SSSR count). The average molecular weight is 212 g/mol. The van der Waals surface area contributed by atoms with E-state index in [1.807, 2.05) is 4.90 Å². The average Bonchev–Trinajstić information content (AvgIpc) is 2.64. The second kappa shape index (κ2) is 6.58. The van der Waals surface area contributed by atoms with Crippen LogP contribution in [0, 0.1) is 0 Å². The standard InChI is InChI=1S/C11H20N2O2/c1-2-7-15-8-3-4-11(14)13-6-5-10(12)9-13/h2,10H,1,3-9,12H2/t10-/m1/s1. The van der Waals surface area contributed by atoms with Crippen LogP contribution in [0.25, 0.3) is 0 Å². The Labute approximate surface area is 91.1 Å². The van der Waals surface area contributed by atoms with E-state index in [1.54, 1.807) is 6.08 Å². The lowest BCUT2D eigenvalue weighted by Crippen LogP contribution is -2.31. The molecule has 1 saturated heterocycles. The highest BCUT2D eigenvalue weighted by Gasteiger charge is 2.22. The smallest absolute Gasteiger partial charge is 0.222 e. The largest absolute Gasteiger partial charge is 0.377 e. The number of nitrogens with two attached hydrogens (primary N) is 1. The van der Waals surface area contributed by atoms with Gasteiger partial charge in [-0.05, 0) is 12.8 Å². The molecule has 1 atom stereocenters.